The van der Waals surface area contributed by atoms with Crippen LogP contribution >= 0.6 is 11.3 Å². The number of nitrogens with two attached hydrogens (primary N) is 1. The van der Waals surface area contributed by atoms with Gasteiger partial charge in [-0.05, 0) is 24.8 Å². The van der Waals surface area contributed by atoms with E-state index in [0.29, 0.717) is 0 Å². The number of carbonyl (C=O) groups excluding carboxylic acids is 1. The van der Waals surface area contributed by atoms with Crippen molar-refractivity contribution in [1.82, 2.24) is 5.32 Å². The summed E-state index contributed by atoms with van der Waals surface area (Å²) in [5, 5.41) is 4.99. The molecule has 0 saturated carbocycles. The summed E-state index contributed by atoms with van der Waals surface area (Å²) >= 11 is 1.71. The van der Waals surface area contributed by atoms with Gasteiger partial charge in [0.1, 0.15) is 0 Å². The van der Waals surface area contributed by atoms with Crippen molar-refractivity contribution in [2.45, 2.75) is 45.2 Å². The van der Waals surface area contributed by atoms with Crippen LogP contribution in [0.15, 0.2) is 17.5 Å². The molecule has 1 amide bonds. The Balaban J connectivity index is 2.33. The van der Waals surface area contributed by atoms with Crippen LogP contribution in [-0.2, 0) is 11.2 Å². The first-order valence-corrected chi connectivity index (χ1v) is 6.59. The molecule has 3 nitrogen and oxygen atoms in total. The molecular formula is C12H20N2OS. The standard InChI is InChI=1S/C12H20N2OS/c1-3-5-11(13)12(15)14-9(2)8-10-6-4-7-16-10/h4,6-7,9,11H,3,5,8,13H2,1-2H3,(H,14,15)/t9?,11-/m0/s1. The molecule has 1 aromatic rings. The Bertz CT molecular complexity index is 311. The van der Waals surface area contributed by atoms with Crippen molar-refractivity contribution in [2.24, 2.45) is 5.73 Å². The van der Waals surface area contributed by atoms with E-state index in [0.717, 1.165) is 19.3 Å². The highest BCUT2D eigenvalue weighted by atomic mass is 32.1. The molecule has 1 unspecified atom stereocenters. The highest BCUT2D eigenvalue weighted by molar-refractivity contribution is 7.09. The van der Waals surface area contributed by atoms with Gasteiger partial charge in [-0.25, -0.2) is 0 Å². The molecule has 0 aliphatic carbocycles. The van der Waals surface area contributed by atoms with Gasteiger partial charge in [0.2, 0.25) is 5.91 Å². The zero-order valence-electron chi connectivity index (χ0n) is 9.90. The minimum Gasteiger partial charge on any atom is -0.352 e. The number of nitrogens with one attached hydrogen (secondary N) is 1. The van der Waals surface area contributed by atoms with Crippen molar-refractivity contribution in [2.75, 3.05) is 0 Å². The second-order valence-corrected chi connectivity index (χ2v) is 5.12. The van der Waals surface area contributed by atoms with E-state index in [-0.39, 0.29) is 18.0 Å². The zero-order valence-corrected chi connectivity index (χ0v) is 10.7. The second-order valence-electron chi connectivity index (χ2n) is 4.09. The molecule has 0 fully saturated rings. The van der Waals surface area contributed by atoms with Gasteiger partial charge in [0.15, 0.2) is 0 Å². The van der Waals surface area contributed by atoms with Gasteiger partial charge in [-0.1, -0.05) is 19.4 Å². The maximum Gasteiger partial charge on any atom is 0.237 e. The van der Waals surface area contributed by atoms with Gasteiger partial charge < -0.3 is 11.1 Å². The van der Waals surface area contributed by atoms with Crippen LogP contribution in [0.3, 0.4) is 0 Å². The van der Waals surface area contributed by atoms with E-state index >= 15 is 0 Å². The Hall–Kier alpha value is -0.870. The molecule has 90 valence electrons. The molecule has 3 N–H and O–H groups in total. The van der Waals surface area contributed by atoms with Crippen LogP contribution < -0.4 is 11.1 Å². The van der Waals surface area contributed by atoms with Crippen molar-refractivity contribution in [1.29, 1.82) is 0 Å². The fourth-order valence-corrected chi connectivity index (χ4v) is 2.41. The molecule has 0 spiro atoms. The molecule has 1 aromatic heterocycles. The second kappa shape index (κ2) is 6.66. The first kappa shape index (κ1) is 13.2. The highest BCUT2D eigenvalue weighted by Crippen LogP contribution is 2.11. The Labute approximate surface area is 101 Å². The molecular weight excluding hydrogens is 220 g/mol. The summed E-state index contributed by atoms with van der Waals surface area (Å²) in [5.41, 5.74) is 5.74. The number of rotatable bonds is 6. The average Bonchev–Trinajstić information content (AvgIpc) is 2.70. The third kappa shape index (κ3) is 4.33. The normalized spacial score (nSPS) is 14.4. The van der Waals surface area contributed by atoms with E-state index in [4.69, 9.17) is 5.73 Å². The van der Waals surface area contributed by atoms with Crippen molar-refractivity contribution in [3.63, 3.8) is 0 Å². The lowest BCUT2D eigenvalue weighted by Gasteiger charge is -2.16. The van der Waals surface area contributed by atoms with E-state index in [1.807, 2.05) is 25.3 Å². The summed E-state index contributed by atoms with van der Waals surface area (Å²) in [4.78, 5) is 12.9. The molecule has 1 heterocycles. The summed E-state index contributed by atoms with van der Waals surface area (Å²) in [5.74, 6) is -0.0362. The van der Waals surface area contributed by atoms with E-state index in [1.54, 1.807) is 11.3 Å². The summed E-state index contributed by atoms with van der Waals surface area (Å²) in [6, 6.07) is 3.89. The van der Waals surface area contributed by atoms with Crippen molar-refractivity contribution >= 4 is 17.2 Å². The SMILES string of the molecule is CCC[C@H](N)C(=O)NC(C)Cc1cccs1. The molecule has 0 aliphatic heterocycles. The molecule has 1 rings (SSSR count). The van der Waals surface area contributed by atoms with Crippen LogP contribution in [0.5, 0.6) is 0 Å². The smallest absolute Gasteiger partial charge is 0.237 e. The lowest BCUT2D eigenvalue weighted by Crippen LogP contribution is -2.44. The lowest BCUT2D eigenvalue weighted by atomic mass is 10.1. The topological polar surface area (TPSA) is 55.1 Å². The quantitative estimate of drug-likeness (QED) is 0.798. The van der Waals surface area contributed by atoms with E-state index < -0.39 is 0 Å². The summed E-state index contributed by atoms with van der Waals surface area (Å²) in [6.07, 6.45) is 2.56. The molecule has 4 heteroatoms. The number of hydrogen-bond donors (Lipinski definition) is 2. The maximum atomic E-state index is 11.6. The third-order valence-corrected chi connectivity index (χ3v) is 3.31. The summed E-state index contributed by atoms with van der Waals surface area (Å²) in [7, 11) is 0. The molecule has 0 radical (unpaired) electrons. The van der Waals surface area contributed by atoms with Crippen molar-refractivity contribution in [3.05, 3.63) is 22.4 Å². The van der Waals surface area contributed by atoms with Gasteiger partial charge in [-0.3, -0.25) is 4.79 Å². The zero-order chi connectivity index (χ0) is 12.0. The summed E-state index contributed by atoms with van der Waals surface area (Å²) < 4.78 is 0. The van der Waals surface area contributed by atoms with E-state index in [1.165, 1.54) is 4.88 Å². The monoisotopic (exact) mass is 240 g/mol. The van der Waals surface area contributed by atoms with Crippen LogP contribution in [0.25, 0.3) is 0 Å². The van der Waals surface area contributed by atoms with Crippen LogP contribution in [0, 0.1) is 0 Å². The van der Waals surface area contributed by atoms with Gasteiger partial charge in [0, 0.05) is 17.3 Å². The maximum absolute atomic E-state index is 11.6. The largest absolute Gasteiger partial charge is 0.352 e. The Morgan fingerprint density at radius 2 is 2.38 bits per heavy atom. The van der Waals surface area contributed by atoms with Gasteiger partial charge in [0.05, 0.1) is 6.04 Å². The summed E-state index contributed by atoms with van der Waals surface area (Å²) in [6.45, 7) is 4.04. The van der Waals surface area contributed by atoms with Crippen molar-refractivity contribution in [3.8, 4) is 0 Å². The van der Waals surface area contributed by atoms with Crippen LogP contribution in [0.4, 0.5) is 0 Å². The highest BCUT2D eigenvalue weighted by Gasteiger charge is 2.14. The molecule has 0 aromatic carbocycles. The predicted octanol–water partition coefficient (Wildman–Crippen LogP) is 1.92. The number of amides is 1. The number of thiophene rings is 1. The molecule has 0 saturated heterocycles. The van der Waals surface area contributed by atoms with E-state index in [9.17, 15) is 4.79 Å². The van der Waals surface area contributed by atoms with Crippen LogP contribution in [0.2, 0.25) is 0 Å². The first-order valence-electron chi connectivity index (χ1n) is 5.71. The van der Waals surface area contributed by atoms with Gasteiger partial charge >= 0.3 is 0 Å². The Morgan fingerprint density at radius 1 is 1.62 bits per heavy atom. The minimum absolute atomic E-state index is 0.0362. The average molecular weight is 240 g/mol. The van der Waals surface area contributed by atoms with Crippen molar-refractivity contribution < 1.29 is 4.79 Å². The van der Waals surface area contributed by atoms with Gasteiger partial charge in [-0.2, -0.15) is 0 Å². The fourth-order valence-electron chi connectivity index (χ4n) is 1.57. The molecule has 2 atom stereocenters. The van der Waals surface area contributed by atoms with Crippen LogP contribution in [-0.4, -0.2) is 18.0 Å². The molecule has 16 heavy (non-hydrogen) atoms. The number of carbonyl (C=O) groups is 1. The fraction of sp³-hybridized carbons (Fsp3) is 0.583. The van der Waals surface area contributed by atoms with Crippen LogP contribution in [0.1, 0.15) is 31.6 Å². The van der Waals surface area contributed by atoms with E-state index in [2.05, 4.69) is 11.4 Å². The lowest BCUT2D eigenvalue weighted by molar-refractivity contribution is -0.123. The Kier molecular flexibility index (Phi) is 5.49. The molecule has 0 aliphatic rings. The Morgan fingerprint density at radius 3 is 2.94 bits per heavy atom. The third-order valence-electron chi connectivity index (χ3n) is 2.41. The predicted molar refractivity (Wildman–Crippen MR) is 68.5 cm³/mol. The first-order chi connectivity index (χ1) is 7.63. The van der Waals surface area contributed by atoms with Gasteiger partial charge in [-0.15, -0.1) is 11.3 Å². The minimum atomic E-state index is -0.365. The molecule has 0 bridgehead atoms. The number of hydrogen-bond acceptors (Lipinski definition) is 3. The van der Waals surface area contributed by atoms with Gasteiger partial charge in [0.25, 0.3) is 0 Å².